The zero-order valence-electron chi connectivity index (χ0n) is 8.50. The Bertz CT molecular complexity index is 397. The van der Waals surface area contributed by atoms with Gasteiger partial charge in [-0.3, -0.25) is 9.78 Å². The van der Waals surface area contributed by atoms with E-state index in [0.29, 0.717) is 19.8 Å². The lowest BCUT2D eigenvalue weighted by atomic mass is 10.4. The molecule has 0 fully saturated rings. The van der Waals surface area contributed by atoms with Gasteiger partial charge in [0.05, 0.1) is 0 Å². The van der Waals surface area contributed by atoms with Gasteiger partial charge in [-0.1, -0.05) is 0 Å². The van der Waals surface area contributed by atoms with Crippen molar-refractivity contribution < 1.29 is 4.74 Å². The molecule has 0 bridgehead atoms. The first-order chi connectivity index (χ1) is 7.24. The van der Waals surface area contributed by atoms with E-state index in [9.17, 15) is 9.59 Å². The van der Waals surface area contributed by atoms with Crippen LogP contribution in [0.25, 0.3) is 0 Å². The van der Waals surface area contributed by atoms with Crippen molar-refractivity contribution in [2.24, 2.45) is 0 Å². The molecule has 0 aromatic carbocycles. The van der Waals surface area contributed by atoms with E-state index in [-0.39, 0.29) is 5.82 Å². The van der Waals surface area contributed by atoms with E-state index >= 15 is 0 Å². The molecule has 0 radical (unpaired) electrons. The van der Waals surface area contributed by atoms with Crippen molar-refractivity contribution >= 4 is 5.82 Å². The minimum absolute atomic E-state index is 0.117. The summed E-state index contributed by atoms with van der Waals surface area (Å²) in [4.78, 5) is 23.8. The third-order valence-corrected chi connectivity index (χ3v) is 1.67. The van der Waals surface area contributed by atoms with E-state index in [2.05, 4.69) is 20.5 Å². The first-order valence-corrected chi connectivity index (χ1v) is 4.74. The highest BCUT2D eigenvalue weighted by Crippen LogP contribution is 1.88. The second kappa shape index (κ2) is 5.97. The molecule has 3 N–H and O–H groups in total. The van der Waals surface area contributed by atoms with Gasteiger partial charge in [-0.2, -0.15) is 0 Å². The summed E-state index contributed by atoms with van der Waals surface area (Å²) in [6.45, 7) is 3.80. The maximum atomic E-state index is 11.1. The quantitative estimate of drug-likeness (QED) is 0.543. The summed E-state index contributed by atoms with van der Waals surface area (Å²) in [5.74, 6) is 0.117. The number of hydrogen-bond donors (Lipinski definition) is 3. The summed E-state index contributed by atoms with van der Waals surface area (Å²) in [7, 11) is 0. The number of hydrogen-bond acceptors (Lipinski definition) is 5. The maximum absolute atomic E-state index is 11.1. The average molecular weight is 214 g/mol. The topological polar surface area (TPSA) is 99.9 Å². The van der Waals surface area contributed by atoms with E-state index in [1.54, 1.807) is 0 Å². The first kappa shape index (κ1) is 11.4. The number of anilines is 1. The minimum Gasteiger partial charge on any atom is -0.382 e. The van der Waals surface area contributed by atoms with Crippen LogP contribution in [0.3, 0.4) is 0 Å². The molecule has 1 rings (SSSR count). The largest absolute Gasteiger partial charge is 0.382 e. The van der Waals surface area contributed by atoms with Crippen LogP contribution in [0.5, 0.6) is 0 Å². The van der Waals surface area contributed by atoms with Gasteiger partial charge < -0.3 is 10.1 Å². The minimum atomic E-state index is -0.611. The Balaban J connectivity index is 2.38. The van der Waals surface area contributed by atoms with E-state index < -0.39 is 11.2 Å². The Labute approximate surface area is 85.9 Å². The average Bonchev–Trinajstić information content (AvgIpc) is 2.20. The molecule has 84 valence electrons. The SMILES string of the molecule is CCOCCCNc1n[nH]c(=O)[nH]c1=O. The fourth-order valence-electron chi connectivity index (χ4n) is 0.993. The summed E-state index contributed by atoms with van der Waals surface area (Å²) in [6.07, 6.45) is 0.772. The molecule has 0 aliphatic carbocycles. The standard InChI is InChI=1S/C8H14N4O3/c1-2-15-5-3-4-9-6-7(13)10-8(14)12-11-6/h2-5H2,1H3,(H,9,11)(H2,10,12,13,14). The Morgan fingerprint density at radius 2 is 2.27 bits per heavy atom. The summed E-state index contributed by atoms with van der Waals surface area (Å²) >= 11 is 0. The van der Waals surface area contributed by atoms with Crippen LogP contribution in [0.15, 0.2) is 9.59 Å². The fourth-order valence-corrected chi connectivity index (χ4v) is 0.993. The van der Waals surface area contributed by atoms with E-state index in [4.69, 9.17) is 4.74 Å². The van der Waals surface area contributed by atoms with Gasteiger partial charge >= 0.3 is 5.69 Å². The number of aromatic nitrogens is 3. The molecule has 15 heavy (non-hydrogen) atoms. The third kappa shape index (κ3) is 3.94. The van der Waals surface area contributed by atoms with Gasteiger partial charge in [-0.15, -0.1) is 5.10 Å². The van der Waals surface area contributed by atoms with Crippen LogP contribution in [0.1, 0.15) is 13.3 Å². The van der Waals surface area contributed by atoms with Crippen molar-refractivity contribution in [2.75, 3.05) is 25.1 Å². The number of nitrogens with one attached hydrogen (secondary N) is 3. The lowest BCUT2D eigenvalue weighted by Gasteiger charge is -2.03. The normalized spacial score (nSPS) is 10.2. The van der Waals surface area contributed by atoms with Gasteiger partial charge in [0.2, 0.25) is 5.82 Å². The van der Waals surface area contributed by atoms with Gasteiger partial charge in [0, 0.05) is 19.8 Å². The molecule has 0 saturated heterocycles. The highest BCUT2D eigenvalue weighted by molar-refractivity contribution is 5.28. The highest BCUT2D eigenvalue weighted by Gasteiger charge is 1.99. The number of rotatable bonds is 6. The zero-order chi connectivity index (χ0) is 11.1. The molecule has 0 aliphatic heterocycles. The van der Waals surface area contributed by atoms with Crippen LogP contribution in [-0.2, 0) is 4.74 Å². The lowest BCUT2D eigenvalue weighted by molar-refractivity contribution is 0.147. The molecule has 7 heteroatoms. The molecular formula is C8H14N4O3. The predicted molar refractivity (Wildman–Crippen MR) is 55.1 cm³/mol. The van der Waals surface area contributed by atoms with Crippen molar-refractivity contribution in [1.82, 2.24) is 15.2 Å². The van der Waals surface area contributed by atoms with Crippen LogP contribution in [-0.4, -0.2) is 34.9 Å². The lowest BCUT2D eigenvalue weighted by Crippen LogP contribution is -2.27. The summed E-state index contributed by atoms with van der Waals surface area (Å²) in [6, 6.07) is 0. The molecular weight excluding hydrogens is 200 g/mol. The van der Waals surface area contributed by atoms with Crippen LogP contribution >= 0.6 is 0 Å². The maximum Gasteiger partial charge on any atom is 0.342 e. The third-order valence-electron chi connectivity index (χ3n) is 1.67. The van der Waals surface area contributed by atoms with Gasteiger partial charge in [0.25, 0.3) is 5.56 Å². The van der Waals surface area contributed by atoms with Gasteiger partial charge in [-0.25, -0.2) is 9.89 Å². The van der Waals surface area contributed by atoms with Crippen molar-refractivity contribution in [2.45, 2.75) is 13.3 Å². The second-order valence-electron chi connectivity index (χ2n) is 2.83. The highest BCUT2D eigenvalue weighted by atomic mass is 16.5. The van der Waals surface area contributed by atoms with Gasteiger partial charge in [-0.05, 0) is 13.3 Å². The van der Waals surface area contributed by atoms with Crippen molar-refractivity contribution in [1.29, 1.82) is 0 Å². The molecule has 1 heterocycles. The molecule has 0 unspecified atom stereocenters. The molecule has 7 nitrogen and oxygen atoms in total. The van der Waals surface area contributed by atoms with Crippen LogP contribution in [0, 0.1) is 0 Å². The van der Waals surface area contributed by atoms with Crippen LogP contribution in [0.4, 0.5) is 5.82 Å². The summed E-state index contributed by atoms with van der Waals surface area (Å²) < 4.78 is 5.12. The molecule has 0 saturated carbocycles. The smallest absolute Gasteiger partial charge is 0.342 e. The Kier molecular flexibility index (Phi) is 4.55. The monoisotopic (exact) mass is 214 g/mol. The fraction of sp³-hybridized carbons (Fsp3) is 0.625. The predicted octanol–water partition coefficient (Wildman–Crippen LogP) is -0.703. The molecule has 1 aromatic heterocycles. The van der Waals surface area contributed by atoms with E-state index in [1.165, 1.54) is 0 Å². The number of aromatic amines is 2. The van der Waals surface area contributed by atoms with Crippen LogP contribution < -0.4 is 16.6 Å². The number of nitrogens with zero attached hydrogens (tertiary/aromatic N) is 1. The van der Waals surface area contributed by atoms with E-state index in [1.807, 2.05) is 6.92 Å². The Morgan fingerprint density at radius 3 is 2.93 bits per heavy atom. The Hall–Kier alpha value is -1.63. The molecule has 0 aliphatic rings. The second-order valence-corrected chi connectivity index (χ2v) is 2.83. The van der Waals surface area contributed by atoms with Crippen molar-refractivity contribution in [3.05, 3.63) is 20.8 Å². The molecule has 1 aromatic rings. The van der Waals surface area contributed by atoms with Crippen molar-refractivity contribution in [3.63, 3.8) is 0 Å². The molecule has 0 amide bonds. The number of ether oxygens (including phenoxy) is 1. The van der Waals surface area contributed by atoms with Gasteiger partial charge in [0.15, 0.2) is 0 Å². The van der Waals surface area contributed by atoms with Crippen molar-refractivity contribution in [3.8, 4) is 0 Å². The Morgan fingerprint density at radius 1 is 1.47 bits per heavy atom. The summed E-state index contributed by atoms with van der Waals surface area (Å²) in [5.41, 5.74) is -1.13. The van der Waals surface area contributed by atoms with E-state index in [0.717, 1.165) is 6.42 Å². The summed E-state index contributed by atoms with van der Waals surface area (Å²) in [5, 5.41) is 8.49. The molecule has 0 spiro atoms. The zero-order valence-corrected chi connectivity index (χ0v) is 8.50. The molecule has 0 atom stereocenters. The van der Waals surface area contributed by atoms with Crippen LogP contribution in [0.2, 0.25) is 0 Å². The first-order valence-electron chi connectivity index (χ1n) is 4.74. The van der Waals surface area contributed by atoms with Gasteiger partial charge in [0.1, 0.15) is 0 Å². The number of H-pyrrole nitrogens is 2.